The number of carbonyl (C=O) groups is 2. The van der Waals surface area contributed by atoms with Gasteiger partial charge in [0.05, 0.1) is 18.6 Å². The summed E-state index contributed by atoms with van der Waals surface area (Å²) in [5.41, 5.74) is 2.41. The molecule has 122 valence electrons. The summed E-state index contributed by atoms with van der Waals surface area (Å²) in [6.45, 7) is 0. The summed E-state index contributed by atoms with van der Waals surface area (Å²) in [6, 6.07) is 14.9. The van der Waals surface area contributed by atoms with Gasteiger partial charge in [-0.25, -0.2) is 0 Å². The maximum absolute atomic E-state index is 13.1. The van der Waals surface area contributed by atoms with Gasteiger partial charge in [-0.15, -0.1) is 11.8 Å². The molecule has 6 heteroatoms. The second-order valence-corrected chi connectivity index (χ2v) is 6.91. The Bertz CT molecular complexity index is 836. The second-order valence-electron chi connectivity index (χ2n) is 5.74. The zero-order valence-corrected chi connectivity index (χ0v) is 14.2. The van der Waals surface area contributed by atoms with Gasteiger partial charge in [0, 0.05) is 18.3 Å². The van der Waals surface area contributed by atoms with Crippen LogP contribution in [0.25, 0.3) is 0 Å². The minimum atomic E-state index is -1.02. The lowest BCUT2D eigenvalue weighted by molar-refractivity contribution is -0.123. The van der Waals surface area contributed by atoms with Gasteiger partial charge in [0.25, 0.3) is 5.91 Å². The molecule has 0 bridgehead atoms. The highest BCUT2D eigenvalue weighted by atomic mass is 32.2. The minimum Gasteiger partial charge on any atom is -0.497 e. The first-order valence-corrected chi connectivity index (χ1v) is 8.57. The topological polar surface area (TPSA) is 49.9 Å². The Hall–Kier alpha value is -2.47. The summed E-state index contributed by atoms with van der Waals surface area (Å²) in [7, 11) is 3.35. The number of benzene rings is 2. The maximum atomic E-state index is 13.1. The van der Waals surface area contributed by atoms with E-state index in [0.717, 1.165) is 11.3 Å². The molecule has 4 rings (SSSR count). The standard InChI is InChI=1S/C18H16N2O3S/c1-19-15-6-4-3-5-14(15)18(17(19)22)20(16(21)11-24-18)12-7-9-13(23-2)10-8-12/h3-10H,11H2,1-2H3/t18-/m0/s1. The number of thioether (sulfide) groups is 1. The second kappa shape index (κ2) is 5.27. The van der Waals surface area contributed by atoms with E-state index < -0.39 is 4.87 Å². The number of amides is 2. The number of hydrogen-bond donors (Lipinski definition) is 0. The van der Waals surface area contributed by atoms with Gasteiger partial charge < -0.3 is 9.64 Å². The summed E-state index contributed by atoms with van der Waals surface area (Å²) in [5.74, 6) is 0.835. The van der Waals surface area contributed by atoms with E-state index in [-0.39, 0.29) is 17.6 Å². The van der Waals surface area contributed by atoms with E-state index >= 15 is 0 Å². The zero-order valence-electron chi connectivity index (χ0n) is 13.4. The summed E-state index contributed by atoms with van der Waals surface area (Å²) in [5, 5.41) is 0. The molecule has 2 aromatic rings. The third-order valence-electron chi connectivity index (χ3n) is 4.52. The van der Waals surface area contributed by atoms with Gasteiger partial charge in [-0.2, -0.15) is 0 Å². The molecule has 2 amide bonds. The van der Waals surface area contributed by atoms with E-state index in [1.165, 1.54) is 11.8 Å². The van der Waals surface area contributed by atoms with Crippen molar-refractivity contribution in [1.29, 1.82) is 0 Å². The minimum absolute atomic E-state index is 0.0661. The average molecular weight is 340 g/mol. The Morgan fingerprint density at radius 2 is 1.79 bits per heavy atom. The van der Waals surface area contributed by atoms with Crippen molar-refractivity contribution in [1.82, 2.24) is 0 Å². The maximum Gasteiger partial charge on any atom is 0.268 e. The normalized spacial score (nSPS) is 22.4. The third-order valence-corrected chi connectivity index (χ3v) is 5.91. The molecule has 0 radical (unpaired) electrons. The Morgan fingerprint density at radius 3 is 2.50 bits per heavy atom. The molecule has 5 nitrogen and oxygen atoms in total. The monoisotopic (exact) mass is 340 g/mol. The Morgan fingerprint density at radius 1 is 1.08 bits per heavy atom. The SMILES string of the molecule is COc1ccc(N2C(=O)CS[C@@]23C(=O)N(C)c2ccccc23)cc1. The van der Waals surface area contributed by atoms with Crippen LogP contribution in [0.3, 0.4) is 0 Å². The number of carbonyl (C=O) groups excluding carboxylic acids is 2. The number of rotatable bonds is 2. The average Bonchev–Trinajstić information content (AvgIpc) is 3.07. The van der Waals surface area contributed by atoms with Gasteiger partial charge in [-0.05, 0) is 30.3 Å². The van der Waals surface area contributed by atoms with E-state index in [1.54, 1.807) is 36.1 Å². The highest BCUT2D eigenvalue weighted by molar-refractivity contribution is 8.02. The van der Waals surface area contributed by atoms with Crippen molar-refractivity contribution in [3.8, 4) is 5.75 Å². The van der Waals surface area contributed by atoms with E-state index in [4.69, 9.17) is 4.74 Å². The van der Waals surface area contributed by atoms with Crippen LogP contribution >= 0.6 is 11.8 Å². The van der Waals surface area contributed by atoms with Crippen LogP contribution in [-0.4, -0.2) is 31.7 Å². The summed E-state index contributed by atoms with van der Waals surface area (Å²) >= 11 is 1.38. The zero-order chi connectivity index (χ0) is 16.9. The molecule has 2 aliphatic heterocycles. The quantitative estimate of drug-likeness (QED) is 0.843. The van der Waals surface area contributed by atoms with E-state index in [2.05, 4.69) is 0 Å². The van der Waals surface area contributed by atoms with Gasteiger partial charge in [0.2, 0.25) is 10.8 Å². The van der Waals surface area contributed by atoms with Gasteiger partial charge in [-0.1, -0.05) is 18.2 Å². The molecule has 2 heterocycles. The van der Waals surface area contributed by atoms with Crippen LogP contribution in [0.4, 0.5) is 11.4 Å². The van der Waals surface area contributed by atoms with Crippen molar-refractivity contribution >= 4 is 35.0 Å². The van der Waals surface area contributed by atoms with Crippen LogP contribution in [-0.2, 0) is 14.5 Å². The lowest BCUT2D eigenvalue weighted by atomic mass is 10.0. The first-order valence-electron chi connectivity index (χ1n) is 7.58. The molecular weight excluding hydrogens is 324 g/mol. The lowest BCUT2D eigenvalue weighted by Crippen LogP contribution is -2.49. The molecule has 24 heavy (non-hydrogen) atoms. The van der Waals surface area contributed by atoms with Crippen molar-refractivity contribution in [3.63, 3.8) is 0 Å². The fraction of sp³-hybridized carbons (Fsp3) is 0.222. The smallest absolute Gasteiger partial charge is 0.268 e. The van der Waals surface area contributed by atoms with Crippen molar-refractivity contribution < 1.29 is 14.3 Å². The van der Waals surface area contributed by atoms with E-state index in [9.17, 15) is 9.59 Å². The molecular formula is C18H16N2O3S. The van der Waals surface area contributed by atoms with Crippen molar-refractivity contribution in [3.05, 3.63) is 54.1 Å². The molecule has 2 aromatic carbocycles. The molecule has 0 aliphatic carbocycles. The number of methoxy groups -OCH3 is 1. The summed E-state index contributed by atoms with van der Waals surface area (Å²) < 4.78 is 5.19. The predicted molar refractivity (Wildman–Crippen MR) is 94.5 cm³/mol. The van der Waals surface area contributed by atoms with Crippen LogP contribution in [0.2, 0.25) is 0 Å². The van der Waals surface area contributed by atoms with Crippen LogP contribution in [0.5, 0.6) is 5.75 Å². The van der Waals surface area contributed by atoms with Gasteiger partial charge in [0.15, 0.2) is 0 Å². The molecule has 1 spiro atoms. The summed E-state index contributed by atoms with van der Waals surface area (Å²) in [4.78, 5) is 28.0. The van der Waals surface area contributed by atoms with E-state index in [1.807, 2.05) is 36.4 Å². The first-order chi connectivity index (χ1) is 11.6. The van der Waals surface area contributed by atoms with E-state index in [0.29, 0.717) is 11.4 Å². The number of nitrogens with zero attached hydrogens (tertiary/aromatic N) is 2. The molecule has 1 atom stereocenters. The van der Waals surface area contributed by atoms with Crippen molar-refractivity contribution in [2.45, 2.75) is 4.87 Å². The lowest BCUT2D eigenvalue weighted by Gasteiger charge is -2.32. The van der Waals surface area contributed by atoms with Gasteiger partial charge in [0.1, 0.15) is 5.75 Å². The molecule has 1 fully saturated rings. The third kappa shape index (κ3) is 1.83. The Balaban J connectivity index is 1.90. The van der Waals surface area contributed by atoms with Crippen LogP contribution in [0, 0.1) is 0 Å². The number of fused-ring (bicyclic) bond motifs is 2. The molecule has 0 saturated carbocycles. The molecule has 0 N–H and O–H groups in total. The number of para-hydroxylation sites is 1. The largest absolute Gasteiger partial charge is 0.497 e. The van der Waals surface area contributed by atoms with Gasteiger partial charge >= 0.3 is 0 Å². The highest BCUT2D eigenvalue weighted by Crippen LogP contribution is 2.55. The predicted octanol–water partition coefficient (Wildman–Crippen LogP) is 2.60. The van der Waals surface area contributed by atoms with Crippen LogP contribution in [0.1, 0.15) is 5.56 Å². The molecule has 0 unspecified atom stereocenters. The number of anilines is 2. The number of likely N-dealkylation sites (N-methyl/N-ethyl adjacent to an activating group) is 1. The molecule has 1 saturated heterocycles. The first kappa shape index (κ1) is 15.1. The highest BCUT2D eigenvalue weighted by Gasteiger charge is 2.60. The fourth-order valence-corrected chi connectivity index (χ4v) is 4.77. The molecule has 0 aromatic heterocycles. The summed E-state index contributed by atoms with van der Waals surface area (Å²) in [6.07, 6.45) is 0. The fourth-order valence-electron chi connectivity index (χ4n) is 3.39. The van der Waals surface area contributed by atoms with Crippen molar-refractivity contribution in [2.24, 2.45) is 0 Å². The van der Waals surface area contributed by atoms with Crippen LogP contribution < -0.4 is 14.5 Å². The Kier molecular flexibility index (Phi) is 3.31. The molecule has 2 aliphatic rings. The number of hydrogen-bond acceptors (Lipinski definition) is 4. The van der Waals surface area contributed by atoms with Gasteiger partial charge in [-0.3, -0.25) is 14.5 Å². The Labute approximate surface area is 144 Å². The number of ether oxygens (including phenoxy) is 1. The van der Waals surface area contributed by atoms with Crippen LogP contribution in [0.15, 0.2) is 48.5 Å². The van der Waals surface area contributed by atoms with Crippen molar-refractivity contribution in [2.75, 3.05) is 29.7 Å².